The summed E-state index contributed by atoms with van der Waals surface area (Å²) in [4.78, 5) is 3.79. The maximum absolute atomic E-state index is 8.65. The van der Waals surface area contributed by atoms with E-state index in [0.717, 1.165) is 9.75 Å². The first-order valence-electron chi connectivity index (χ1n) is 5.45. The normalized spacial score (nSPS) is 9.33. The Labute approximate surface area is 111 Å². The van der Waals surface area contributed by atoms with Crippen LogP contribution in [0.4, 0.5) is 0 Å². The first kappa shape index (κ1) is 14.2. The van der Waals surface area contributed by atoms with Gasteiger partial charge in [0, 0.05) is 17.8 Å². The van der Waals surface area contributed by atoms with Crippen molar-refractivity contribution in [2.24, 2.45) is 0 Å². The largest absolute Gasteiger partial charge is 0.395 e. The zero-order valence-corrected chi connectivity index (χ0v) is 10.7. The summed E-state index contributed by atoms with van der Waals surface area (Å²) in [5.74, 6) is 5.82. The van der Waals surface area contributed by atoms with E-state index in [0.29, 0.717) is 13.0 Å². The third-order valence-electron chi connectivity index (χ3n) is 2.08. The van der Waals surface area contributed by atoms with Gasteiger partial charge < -0.3 is 5.11 Å². The predicted octanol–water partition coefficient (Wildman–Crippen LogP) is 1.33. The summed E-state index contributed by atoms with van der Waals surface area (Å²) in [7, 11) is 0. The second-order valence-corrected chi connectivity index (χ2v) is 4.67. The molecule has 5 heteroatoms. The van der Waals surface area contributed by atoms with Crippen molar-refractivity contribution < 1.29 is 5.11 Å². The molecule has 0 aliphatic rings. The van der Waals surface area contributed by atoms with Gasteiger partial charge in [0.15, 0.2) is 0 Å². The molecule has 0 radical (unpaired) electrons. The minimum absolute atomic E-state index is 0.0728. The molecule has 92 valence electrons. The van der Waals surface area contributed by atoms with Gasteiger partial charge in [-0.2, -0.15) is 10.5 Å². The molecule has 0 fully saturated rings. The number of hydrogen-bond acceptors (Lipinski definition) is 5. The van der Waals surface area contributed by atoms with Crippen LogP contribution in [0.5, 0.6) is 0 Å². The molecule has 1 aromatic rings. The number of aliphatic hydroxyl groups is 1. The van der Waals surface area contributed by atoms with Crippen molar-refractivity contribution in [1.29, 1.82) is 10.5 Å². The van der Waals surface area contributed by atoms with Crippen LogP contribution in [0.2, 0.25) is 0 Å². The molecule has 0 bridgehead atoms. The summed E-state index contributed by atoms with van der Waals surface area (Å²) in [5, 5.41) is 25.9. The maximum atomic E-state index is 8.65. The Hall–Kier alpha value is -1.84. The molecule has 0 unspecified atom stereocenters. The number of nitriles is 2. The molecular weight excluding hydrogens is 246 g/mol. The van der Waals surface area contributed by atoms with Gasteiger partial charge in [-0.25, -0.2) is 0 Å². The zero-order chi connectivity index (χ0) is 13.2. The molecule has 0 aliphatic heterocycles. The molecule has 0 aromatic carbocycles. The van der Waals surface area contributed by atoms with Crippen LogP contribution in [0.15, 0.2) is 12.1 Å². The first-order valence-corrected chi connectivity index (χ1v) is 6.26. The van der Waals surface area contributed by atoms with Crippen LogP contribution in [0.3, 0.4) is 0 Å². The Bertz CT molecular complexity index is 497. The monoisotopic (exact) mass is 259 g/mol. The summed E-state index contributed by atoms with van der Waals surface area (Å²) >= 11 is 1.55. The van der Waals surface area contributed by atoms with Gasteiger partial charge in [0.2, 0.25) is 0 Å². The third-order valence-corrected chi connectivity index (χ3v) is 3.06. The highest BCUT2D eigenvalue weighted by Gasteiger charge is 2.06. The summed E-state index contributed by atoms with van der Waals surface area (Å²) in [6.07, 6.45) is 0.474. The molecule has 18 heavy (non-hydrogen) atoms. The fraction of sp³-hybridized carbons (Fsp3) is 0.385. The first-order chi connectivity index (χ1) is 8.80. The van der Waals surface area contributed by atoms with Gasteiger partial charge in [0.05, 0.1) is 36.7 Å². The van der Waals surface area contributed by atoms with Crippen LogP contribution in [-0.2, 0) is 6.54 Å². The molecule has 1 aromatic heterocycles. The lowest BCUT2D eigenvalue weighted by molar-refractivity contribution is 0.305. The van der Waals surface area contributed by atoms with Crippen molar-refractivity contribution >= 4 is 11.3 Å². The fourth-order valence-electron chi connectivity index (χ4n) is 1.32. The smallest absolute Gasteiger partial charge is 0.0877 e. The Morgan fingerprint density at radius 3 is 2.56 bits per heavy atom. The van der Waals surface area contributed by atoms with E-state index in [1.54, 1.807) is 16.2 Å². The molecule has 1 rings (SSSR count). The van der Waals surface area contributed by atoms with Crippen LogP contribution >= 0.6 is 11.3 Å². The highest BCUT2D eigenvalue weighted by atomic mass is 32.1. The summed E-state index contributed by atoms with van der Waals surface area (Å²) in [6.45, 7) is 1.16. The molecule has 0 saturated heterocycles. The maximum Gasteiger partial charge on any atom is 0.0877 e. The highest BCUT2D eigenvalue weighted by molar-refractivity contribution is 7.12. The second kappa shape index (κ2) is 8.28. The molecule has 0 spiro atoms. The number of hydrogen-bond donors (Lipinski definition) is 1. The molecule has 4 nitrogen and oxygen atoms in total. The van der Waals surface area contributed by atoms with Crippen LogP contribution in [0, 0.1) is 34.5 Å². The Morgan fingerprint density at radius 1 is 1.22 bits per heavy atom. The van der Waals surface area contributed by atoms with Crippen LogP contribution in [-0.4, -0.2) is 29.7 Å². The SMILES string of the molecule is N#CCN(CC#N)Cc1ccc(C#CCCO)s1. The van der Waals surface area contributed by atoms with Gasteiger partial charge >= 0.3 is 0 Å². The molecule has 0 aliphatic carbocycles. The predicted molar refractivity (Wildman–Crippen MR) is 69.4 cm³/mol. The van der Waals surface area contributed by atoms with Crippen LogP contribution < -0.4 is 0 Å². The third kappa shape index (κ3) is 4.99. The van der Waals surface area contributed by atoms with E-state index >= 15 is 0 Å². The van der Waals surface area contributed by atoms with E-state index < -0.39 is 0 Å². The van der Waals surface area contributed by atoms with Gasteiger partial charge in [0.25, 0.3) is 0 Å². The molecule has 0 amide bonds. The summed E-state index contributed by atoms with van der Waals surface area (Å²) in [5.41, 5.74) is 0. The van der Waals surface area contributed by atoms with Crippen LogP contribution in [0.1, 0.15) is 16.2 Å². The number of nitrogens with zero attached hydrogens (tertiary/aromatic N) is 3. The molecule has 1 N–H and O–H groups in total. The molecular formula is C13H13N3OS. The minimum atomic E-state index is 0.0728. The summed E-state index contributed by atoms with van der Waals surface area (Å²) in [6, 6.07) is 7.96. The molecule has 0 atom stereocenters. The fourth-order valence-corrected chi connectivity index (χ4v) is 2.25. The van der Waals surface area contributed by atoms with Gasteiger partial charge in [-0.15, -0.1) is 11.3 Å². The van der Waals surface area contributed by atoms with Crippen LogP contribution in [0.25, 0.3) is 0 Å². The van der Waals surface area contributed by atoms with Crippen molar-refractivity contribution in [3.05, 3.63) is 21.9 Å². The van der Waals surface area contributed by atoms with Crippen molar-refractivity contribution in [3.8, 4) is 24.0 Å². The van der Waals surface area contributed by atoms with Crippen molar-refractivity contribution in [2.75, 3.05) is 19.7 Å². The second-order valence-electron chi connectivity index (χ2n) is 3.50. The van der Waals surface area contributed by atoms with E-state index in [-0.39, 0.29) is 19.7 Å². The zero-order valence-electron chi connectivity index (χ0n) is 9.89. The van der Waals surface area contributed by atoms with E-state index in [4.69, 9.17) is 15.6 Å². The van der Waals surface area contributed by atoms with Gasteiger partial charge in [0.1, 0.15) is 0 Å². The van der Waals surface area contributed by atoms with Gasteiger partial charge in [-0.05, 0) is 12.1 Å². The number of rotatable bonds is 5. The topological polar surface area (TPSA) is 71.0 Å². The van der Waals surface area contributed by atoms with Crippen molar-refractivity contribution in [3.63, 3.8) is 0 Å². The van der Waals surface area contributed by atoms with E-state index in [9.17, 15) is 0 Å². The van der Waals surface area contributed by atoms with Gasteiger partial charge in [-0.1, -0.05) is 11.8 Å². The Kier molecular flexibility index (Phi) is 6.54. The number of thiophene rings is 1. The van der Waals surface area contributed by atoms with Crippen molar-refractivity contribution in [1.82, 2.24) is 4.90 Å². The Morgan fingerprint density at radius 2 is 1.94 bits per heavy atom. The standard InChI is InChI=1S/C13H13N3OS/c14-6-8-16(9-7-15)11-13-5-4-12(18-13)3-1-2-10-17/h4-5,17H,2,8-11H2. The molecule has 0 saturated carbocycles. The average Bonchev–Trinajstić information content (AvgIpc) is 2.78. The lowest BCUT2D eigenvalue weighted by Crippen LogP contribution is -2.23. The Balaban J connectivity index is 2.61. The quantitative estimate of drug-likeness (QED) is 0.639. The minimum Gasteiger partial charge on any atom is -0.395 e. The van der Waals surface area contributed by atoms with E-state index in [1.807, 2.05) is 24.3 Å². The van der Waals surface area contributed by atoms with Crippen molar-refractivity contribution in [2.45, 2.75) is 13.0 Å². The lowest BCUT2D eigenvalue weighted by atomic mass is 10.3. The highest BCUT2D eigenvalue weighted by Crippen LogP contribution is 2.17. The molecule has 1 heterocycles. The van der Waals surface area contributed by atoms with E-state index in [1.165, 1.54) is 0 Å². The lowest BCUT2D eigenvalue weighted by Gasteiger charge is -2.12. The van der Waals surface area contributed by atoms with E-state index in [2.05, 4.69) is 11.8 Å². The average molecular weight is 259 g/mol. The number of aliphatic hydroxyl groups excluding tert-OH is 1. The summed E-state index contributed by atoms with van der Waals surface area (Å²) < 4.78 is 0. The van der Waals surface area contributed by atoms with Gasteiger partial charge in [-0.3, -0.25) is 4.90 Å².